The van der Waals surface area contributed by atoms with Crippen LogP contribution in [-0.4, -0.2) is 29.9 Å². The molecule has 2 N–H and O–H groups in total. The summed E-state index contributed by atoms with van der Waals surface area (Å²) in [5.41, 5.74) is 6.59. The zero-order valence-corrected chi connectivity index (χ0v) is 13.5. The van der Waals surface area contributed by atoms with E-state index in [1.165, 1.54) is 25.7 Å². The first-order chi connectivity index (χ1) is 9.49. The minimum atomic E-state index is 0.185. The van der Waals surface area contributed by atoms with Crippen LogP contribution in [0.15, 0.2) is 0 Å². The van der Waals surface area contributed by atoms with E-state index in [1.807, 2.05) is 0 Å². The van der Waals surface area contributed by atoms with Gasteiger partial charge < -0.3 is 10.6 Å². The summed E-state index contributed by atoms with van der Waals surface area (Å²) < 4.78 is 0. The number of hydrogen-bond donors (Lipinski definition) is 1. The molecule has 0 aromatic heterocycles. The third-order valence-electron chi connectivity index (χ3n) is 5.96. The first-order valence-electron chi connectivity index (χ1n) is 8.54. The van der Waals surface area contributed by atoms with Crippen LogP contribution in [0.1, 0.15) is 65.7 Å². The molecule has 2 aliphatic rings. The van der Waals surface area contributed by atoms with Gasteiger partial charge in [0.1, 0.15) is 0 Å². The van der Waals surface area contributed by atoms with Crippen LogP contribution in [0.25, 0.3) is 0 Å². The monoisotopic (exact) mass is 280 g/mol. The largest absolute Gasteiger partial charge is 0.342 e. The molecule has 20 heavy (non-hydrogen) atoms. The molecule has 0 bridgehead atoms. The standard InChI is InChI=1S/C17H32N2O/c1-4-17(5-2)6-8-19(9-7-17)16(20)14-10-13(3)11-15(18)12-14/h13-15H,4-12,18H2,1-3H3. The van der Waals surface area contributed by atoms with Gasteiger partial charge >= 0.3 is 0 Å². The molecular weight excluding hydrogens is 248 g/mol. The number of carbonyl (C=O) groups is 1. The topological polar surface area (TPSA) is 46.3 Å². The highest BCUT2D eigenvalue weighted by molar-refractivity contribution is 5.79. The Hall–Kier alpha value is -0.570. The maximum absolute atomic E-state index is 12.7. The van der Waals surface area contributed by atoms with Crippen LogP contribution in [0.3, 0.4) is 0 Å². The van der Waals surface area contributed by atoms with Crippen molar-refractivity contribution in [2.24, 2.45) is 23.0 Å². The second kappa shape index (κ2) is 6.46. The maximum Gasteiger partial charge on any atom is 0.225 e. The van der Waals surface area contributed by atoms with Crippen molar-refractivity contribution in [2.45, 2.75) is 71.8 Å². The molecule has 1 aliphatic heterocycles. The Labute approximate surface area is 124 Å². The fraction of sp³-hybridized carbons (Fsp3) is 0.941. The predicted octanol–water partition coefficient (Wildman–Crippen LogP) is 3.18. The van der Waals surface area contributed by atoms with Crippen LogP contribution in [0.2, 0.25) is 0 Å². The first kappa shape index (κ1) is 15.8. The van der Waals surface area contributed by atoms with Gasteiger partial charge in [-0.3, -0.25) is 4.79 Å². The smallest absolute Gasteiger partial charge is 0.225 e. The van der Waals surface area contributed by atoms with Crippen LogP contribution in [0, 0.1) is 17.3 Å². The van der Waals surface area contributed by atoms with Crippen LogP contribution < -0.4 is 5.73 Å². The average Bonchev–Trinajstić information content (AvgIpc) is 2.45. The highest BCUT2D eigenvalue weighted by Crippen LogP contribution is 2.39. The van der Waals surface area contributed by atoms with Gasteiger partial charge in [-0.2, -0.15) is 0 Å². The molecule has 1 saturated heterocycles. The number of nitrogens with two attached hydrogens (primary N) is 1. The Morgan fingerprint density at radius 2 is 1.75 bits per heavy atom. The minimum Gasteiger partial charge on any atom is -0.342 e. The number of nitrogens with zero attached hydrogens (tertiary/aromatic N) is 1. The molecule has 3 atom stereocenters. The van der Waals surface area contributed by atoms with Gasteiger partial charge in [-0.1, -0.05) is 33.6 Å². The van der Waals surface area contributed by atoms with Crippen molar-refractivity contribution in [3.63, 3.8) is 0 Å². The lowest BCUT2D eigenvalue weighted by Gasteiger charge is -2.43. The second-order valence-electron chi connectivity index (χ2n) is 7.30. The van der Waals surface area contributed by atoms with Gasteiger partial charge in [0.05, 0.1) is 0 Å². The second-order valence-corrected chi connectivity index (χ2v) is 7.30. The molecule has 3 heteroatoms. The van der Waals surface area contributed by atoms with Crippen molar-refractivity contribution < 1.29 is 4.79 Å². The van der Waals surface area contributed by atoms with Gasteiger partial charge in [-0.15, -0.1) is 0 Å². The zero-order chi connectivity index (χ0) is 14.8. The Kier molecular flexibility index (Phi) is 5.11. The van der Waals surface area contributed by atoms with Crippen molar-refractivity contribution in [3.05, 3.63) is 0 Å². The van der Waals surface area contributed by atoms with Crippen molar-refractivity contribution in [3.8, 4) is 0 Å². The first-order valence-corrected chi connectivity index (χ1v) is 8.54. The maximum atomic E-state index is 12.7. The molecule has 1 aliphatic carbocycles. The molecular formula is C17H32N2O. The molecule has 2 rings (SSSR count). The Morgan fingerprint density at radius 3 is 2.25 bits per heavy atom. The third kappa shape index (κ3) is 3.36. The van der Waals surface area contributed by atoms with E-state index >= 15 is 0 Å². The van der Waals surface area contributed by atoms with E-state index in [9.17, 15) is 4.79 Å². The third-order valence-corrected chi connectivity index (χ3v) is 5.96. The predicted molar refractivity (Wildman–Crippen MR) is 83.3 cm³/mol. The summed E-state index contributed by atoms with van der Waals surface area (Å²) in [5.74, 6) is 1.17. The molecule has 2 fully saturated rings. The number of likely N-dealkylation sites (tertiary alicyclic amines) is 1. The van der Waals surface area contributed by atoms with Crippen LogP contribution >= 0.6 is 0 Å². The molecule has 1 amide bonds. The summed E-state index contributed by atoms with van der Waals surface area (Å²) >= 11 is 0. The van der Waals surface area contributed by atoms with Gasteiger partial charge in [0.2, 0.25) is 5.91 Å². The van der Waals surface area contributed by atoms with E-state index < -0.39 is 0 Å². The number of carbonyl (C=O) groups excluding carboxylic acids is 1. The van der Waals surface area contributed by atoms with E-state index in [0.717, 1.165) is 32.4 Å². The summed E-state index contributed by atoms with van der Waals surface area (Å²) in [6, 6.07) is 0.225. The highest BCUT2D eigenvalue weighted by Gasteiger charge is 2.36. The molecule has 1 saturated carbocycles. The van der Waals surface area contributed by atoms with Gasteiger partial charge in [0.25, 0.3) is 0 Å². The average molecular weight is 280 g/mol. The SMILES string of the molecule is CCC1(CC)CCN(C(=O)C2CC(C)CC(N)C2)CC1. The lowest BCUT2D eigenvalue weighted by atomic mass is 9.73. The van der Waals surface area contributed by atoms with Crippen LogP contribution in [-0.2, 0) is 4.79 Å². The highest BCUT2D eigenvalue weighted by atomic mass is 16.2. The fourth-order valence-corrected chi connectivity index (χ4v) is 4.28. The van der Waals surface area contributed by atoms with E-state index in [2.05, 4.69) is 25.7 Å². The number of rotatable bonds is 3. The fourth-order valence-electron chi connectivity index (χ4n) is 4.28. The van der Waals surface area contributed by atoms with Crippen LogP contribution in [0.4, 0.5) is 0 Å². The number of piperidine rings is 1. The molecule has 3 unspecified atom stereocenters. The summed E-state index contributed by atoms with van der Waals surface area (Å²) in [6.07, 6.45) is 7.87. The summed E-state index contributed by atoms with van der Waals surface area (Å²) in [4.78, 5) is 14.8. The van der Waals surface area contributed by atoms with Crippen molar-refractivity contribution in [1.82, 2.24) is 4.90 Å². The van der Waals surface area contributed by atoms with Crippen molar-refractivity contribution in [2.75, 3.05) is 13.1 Å². The lowest BCUT2D eigenvalue weighted by Crippen LogP contribution is -2.47. The lowest BCUT2D eigenvalue weighted by molar-refractivity contribution is -0.139. The molecule has 0 aromatic carbocycles. The quantitative estimate of drug-likeness (QED) is 0.863. The number of hydrogen-bond acceptors (Lipinski definition) is 2. The molecule has 116 valence electrons. The molecule has 0 spiro atoms. The molecule has 0 aromatic rings. The van der Waals surface area contributed by atoms with Gasteiger partial charge in [-0.25, -0.2) is 0 Å². The number of amides is 1. The molecule has 1 heterocycles. The van der Waals surface area contributed by atoms with Crippen LogP contribution in [0.5, 0.6) is 0 Å². The van der Waals surface area contributed by atoms with E-state index in [1.54, 1.807) is 0 Å². The Morgan fingerprint density at radius 1 is 1.15 bits per heavy atom. The molecule has 0 radical (unpaired) electrons. The molecule has 3 nitrogen and oxygen atoms in total. The van der Waals surface area contributed by atoms with Gasteiger partial charge in [-0.05, 0) is 43.4 Å². The van der Waals surface area contributed by atoms with Gasteiger partial charge in [0.15, 0.2) is 0 Å². The summed E-state index contributed by atoms with van der Waals surface area (Å²) in [5, 5.41) is 0. The normalized spacial score (nSPS) is 34.0. The minimum absolute atomic E-state index is 0.185. The zero-order valence-electron chi connectivity index (χ0n) is 13.5. The van der Waals surface area contributed by atoms with E-state index in [4.69, 9.17) is 5.73 Å². The Balaban J connectivity index is 1.91. The van der Waals surface area contributed by atoms with E-state index in [0.29, 0.717) is 17.2 Å². The summed E-state index contributed by atoms with van der Waals surface area (Å²) in [7, 11) is 0. The van der Waals surface area contributed by atoms with Gasteiger partial charge in [0, 0.05) is 25.0 Å². The Bertz CT molecular complexity index is 318. The van der Waals surface area contributed by atoms with E-state index in [-0.39, 0.29) is 12.0 Å². The van der Waals surface area contributed by atoms with Crippen molar-refractivity contribution >= 4 is 5.91 Å². The summed E-state index contributed by atoms with van der Waals surface area (Å²) in [6.45, 7) is 8.74. The van der Waals surface area contributed by atoms with Crippen molar-refractivity contribution in [1.29, 1.82) is 0 Å².